The summed E-state index contributed by atoms with van der Waals surface area (Å²) in [5.74, 6) is 0.769. The van der Waals surface area contributed by atoms with Gasteiger partial charge in [0.05, 0.1) is 25.4 Å². The molecule has 2 aromatic rings. The molecule has 1 aliphatic rings. The predicted octanol–water partition coefficient (Wildman–Crippen LogP) is 2.23. The molecule has 2 N–H and O–H groups in total. The maximum Gasteiger partial charge on any atom is 0.254 e. The zero-order valence-corrected chi connectivity index (χ0v) is 15.4. The number of aromatic nitrogens is 2. The molecule has 1 aliphatic heterocycles. The van der Waals surface area contributed by atoms with E-state index in [2.05, 4.69) is 22.7 Å². The second-order valence-corrected chi connectivity index (χ2v) is 6.24. The number of piperidine rings is 1. The number of ether oxygens (including phenoxy) is 1. The standard InChI is InChI=1S/C18H24N4O2.ClH/c1-13-17(4-3-9-19-13)21-18(23)15-10-20-22(12-15)11-14-5-7-16(24-2)8-6-14;/h5-8,10,12-13,17,19H,3-4,9,11H2,1-2H3,(H,21,23);1H. The van der Waals surface area contributed by atoms with Crippen LogP contribution in [0.5, 0.6) is 5.75 Å². The summed E-state index contributed by atoms with van der Waals surface area (Å²) >= 11 is 0. The van der Waals surface area contributed by atoms with Crippen molar-refractivity contribution in [2.24, 2.45) is 0 Å². The molecule has 6 nitrogen and oxygen atoms in total. The lowest BCUT2D eigenvalue weighted by Gasteiger charge is -2.30. The molecule has 2 unspecified atom stereocenters. The summed E-state index contributed by atoms with van der Waals surface area (Å²) in [5.41, 5.74) is 1.71. The van der Waals surface area contributed by atoms with Crippen molar-refractivity contribution in [2.75, 3.05) is 13.7 Å². The van der Waals surface area contributed by atoms with Gasteiger partial charge in [-0.3, -0.25) is 9.48 Å². The Morgan fingerprint density at radius 1 is 1.40 bits per heavy atom. The Morgan fingerprint density at radius 3 is 2.84 bits per heavy atom. The molecule has 2 atom stereocenters. The number of hydrogen-bond donors (Lipinski definition) is 2. The van der Waals surface area contributed by atoms with Gasteiger partial charge in [0.1, 0.15) is 5.75 Å². The summed E-state index contributed by atoms with van der Waals surface area (Å²) in [6, 6.07) is 8.31. The SMILES string of the molecule is COc1ccc(Cn2cc(C(=O)NC3CCCNC3C)cn2)cc1.Cl. The lowest BCUT2D eigenvalue weighted by atomic mass is 10.00. The normalized spacial score (nSPS) is 19.8. The van der Waals surface area contributed by atoms with Crippen molar-refractivity contribution in [1.82, 2.24) is 20.4 Å². The minimum atomic E-state index is -0.0588. The summed E-state index contributed by atoms with van der Waals surface area (Å²) in [4.78, 5) is 12.4. The fourth-order valence-electron chi connectivity index (χ4n) is 2.98. The van der Waals surface area contributed by atoms with Gasteiger partial charge in [-0.1, -0.05) is 12.1 Å². The molecule has 0 saturated carbocycles. The third kappa shape index (κ3) is 4.96. The van der Waals surface area contributed by atoms with Crippen LogP contribution in [-0.4, -0.2) is 41.4 Å². The molecule has 1 saturated heterocycles. The molecule has 7 heteroatoms. The second kappa shape index (κ2) is 8.87. The lowest BCUT2D eigenvalue weighted by molar-refractivity contribution is 0.0919. The van der Waals surface area contributed by atoms with Crippen LogP contribution < -0.4 is 15.4 Å². The second-order valence-electron chi connectivity index (χ2n) is 6.24. The minimum absolute atomic E-state index is 0. The van der Waals surface area contributed by atoms with E-state index >= 15 is 0 Å². The van der Waals surface area contributed by atoms with Gasteiger partial charge in [-0.15, -0.1) is 12.4 Å². The molecular formula is C18H25ClN4O2. The lowest BCUT2D eigenvalue weighted by Crippen LogP contribution is -2.51. The minimum Gasteiger partial charge on any atom is -0.497 e. The molecule has 25 heavy (non-hydrogen) atoms. The van der Waals surface area contributed by atoms with Crippen LogP contribution in [0.2, 0.25) is 0 Å². The van der Waals surface area contributed by atoms with Crippen LogP contribution >= 0.6 is 12.4 Å². The quantitative estimate of drug-likeness (QED) is 0.853. The van der Waals surface area contributed by atoms with Crippen molar-refractivity contribution in [3.8, 4) is 5.75 Å². The van der Waals surface area contributed by atoms with Gasteiger partial charge in [-0.25, -0.2) is 0 Å². The number of nitrogens with one attached hydrogen (secondary N) is 2. The molecule has 136 valence electrons. The number of hydrogen-bond acceptors (Lipinski definition) is 4. The topological polar surface area (TPSA) is 68.2 Å². The number of amides is 1. The molecule has 2 heterocycles. The van der Waals surface area contributed by atoms with Gasteiger partial charge in [-0.2, -0.15) is 5.10 Å². The van der Waals surface area contributed by atoms with Gasteiger partial charge in [0.15, 0.2) is 0 Å². The molecule has 0 aliphatic carbocycles. The highest BCUT2D eigenvalue weighted by Gasteiger charge is 2.23. The highest BCUT2D eigenvalue weighted by molar-refractivity contribution is 5.93. The average Bonchev–Trinajstić information content (AvgIpc) is 3.06. The zero-order valence-electron chi connectivity index (χ0n) is 14.6. The van der Waals surface area contributed by atoms with Crippen LogP contribution in [0.1, 0.15) is 35.7 Å². The van der Waals surface area contributed by atoms with Crippen LogP contribution in [0.25, 0.3) is 0 Å². The van der Waals surface area contributed by atoms with Crippen LogP contribution in [0.4, 0.5) is 0 Å². The van der Waals surface area contributed by atoms with Gasteiger partial charge in [0, 0.05) is 18.3 Å². The fourth-order valence-corrected chi connectivity index (χ4v) is 2.98. The third-order valence-electron chi connectivity index (χ3n) is 4.48. The monoisotopic (exact) mass is 364 g/mol. The predicted molar refractivity (Wildman–Crippen MR) is 99.5 cm³/mol. The summed E-state index contributed by atoms with van der Waals surface area (Å²) in [7, 11) is 1.65. The van der Waals surface area contributed by atoms with Crippen LogP contribution in [0.3, 0.4) is 0 Å². The average molecular weight is 365 g/mol. The molecular weight excluding hydrogens is 340 g/mol. The molecule has 1 fully saturated rings. The van der Waals surface area contributed by atoms with Crippen molar-refractivity contribution >= 4 is 18.3 Å². The Labute approximate surface area is 154 Å². The molecule has 1 aromatic carbocycles. The van der Waals surface area contributed by atoms with Crippen LogP contribution in [0.15, 0.2) is 36.7 Å². The number of halogens is 1. The number of benzene rings is 1. The van der Waals surface area contributed by atoms with E-state index in [1.807, 2.05) is 24.3 Å². The maximum absolute atomic E-state index is 12.4. The van der Waals surface area contributed by atoms with Gasteiger partial charge in [0.25, 0.3) is 5.91 Å². The van der Waals surface area contributed by atoms with Crippen molar-refractivity contribution in [1.29, 1.82) is 0 Å². The van der Waals surface area contributed by atoms with E-state index in [4.69, 9.17) is 4.74 Å². The van der Waals surface area contributed by atoms with E-state index in [9.17, 15) is 4.79 Å². The summed E-state index contributed by atoms with van der Waals surface area (Å²) in [6.45, 7) is 3.75. The largest absolute Gasteiger partial charge is 0.497 e. The highest BCUT2D eigenvalue weighted by Crippen LogP contribution is 2.13. The first-order valence-electron chi connectivity index (χ1n) is 8.35. The van der Waals surface area contributed by atoms with E-state index in [0.717, 1.165) is 30.7 Å². The fraction of sp³-hybridized carbons (Fsp3) is 0.444. The van der Waals surface area contributed by atoms with E-state index < -0.39 is 0 Å². The van der Waals surface area contributed by atoms with Crippen molar-refractivity contribution in [3.05, 3.63) is 47.8 Å². The van der Waals surface area contributed by atoms with Gasteiger partial charge in [0.2, 0.25) is 0 Å². The number of carbonyl (C=O) groups is 1. The first kappa shape index (κ1) is 19.3. The van der Waals surface area contributed by atoms with Gasteiger partial charge < -0.3 is 15.4 Å². The van der Waals surface area contributed by atoms with E-state index in [-0.39, 0.29) is 24.4 Å². The van der Waals surface area contributed by atoms with E-state index in [0.29, 0.717) is 18.2 Å². The Bertz CT molecular complexity index is 687. The number of rotatable bonds is 5. The van der Waals surface area contributed by atoms with E-state index in [1.165, 1.54) is 0 Å². The smallest absolute Gasteiger partial charge is 0.254 e. The molecule has 0 bridgehead atoms. The summed E-state index contributed by atoms with van der Waals surface area (Å²) in [6.07, 6.45) is 5.52. The Balaban J connectivity index is 0.00000225. The maximum atomic E-state index is 12.4. The van der Waals surface area contributed by atoms with Gasteiger partial charge >= 0.3 is 0 Å². The Morgan fingerprint density at radius 2 is 2.16 bits per heavy atom. The Hall–Kier alpha value is -2.05. The van der Waals surface area contributed by atoms with Crippen LogP contribution in [-0.2, 0) is 6.54 Å². The zero-order chi connectivity index (χ0) is 16.9. The van der Waals surface area contributed by atoms with Gasteiger partial charge in [-0.05, 0) is 44.0 Å². The molecule has 0 radical (unpaired) electrons. The number of methoxy groups -OCH3 is 1. The molecule has 1 aromatic heterocycles. The van der Waals surface area contributed by atoms with Crippen LogP contribution in [0, 0.1) is 0 Å². The van der Waals surface area contributed by atoms with E-state index in [1.54, 1.807) is 24.2 Å². The first-order chi connectivity index (χ1) is 11.7. The molecule has 0 spiro atoms. The van der Waals surface area contributed by atoms with Crippen molar-refractivity contribution in [2.45, 2.75) is 38.4 Å². The third-order valence-corrected chi connectivity index (χ3v) is 4.48. The molecule has 3 rings (SSSR count). The summed E-state index contributed by atoms with van der Waals surface area (Å²) in [5, 5.41) is 10.8. The number of carbonyl (C=O) groups excluding carboxylic acids is 1. The van der Waals surface area contributed by atoms with Crippen molar-refractivity contribution < 1.29 is 9.53 Å². The number of nitrogens with zero attached hydrogens (tertiary/aromatic N) is 2. The highest BCUT2D eigenvalue weighted by atomic mass is 35.5. The Kier molecular flexibility index (Phi) is 6.84. The summed E-state index contributed by atoms with van der Waals surface area (Å²) < 4.78 is 6.93. The van der Waals surface area contributed by atoms with Crippen molar-refractivity contribution in [3.63, 3.8) is 0 Å². The first-order valence-corrected chi connectivity index (χ1v) is 8.35. The molecule has 1 amide bonds.